The highest BCUT2D eigenvalue weighted by molar-refractivity contribution is 5.76. The Morgan fingerprint density at radius 1 is 1.17 bits per heavy atom. The van der Waals surface area contributed by atoms with Gasteiger partial charge in [-0.1, -0.05) is 6.42 Å². The molecule has 3 aromatic heterocycles. The molecule has 0 atom stereocenters. The van der Waals surface area contributed by atoms with Crippen LogP contribution in [0.2, 0.25) is 0 Å². The number of hydrogen-bond donors (Lipinski definition) is 1. The molecule has 8 nitrogen and oxygen atoms in total. The predicted octanol–water partition coefficient (Wildman–Crippen LogP) is 4.26. The Balaban J connectivity index is 1.35. The Morgan fingerprint density at radius 3 is 2.83 bits per heavy atom. The smallest absolute Gasteiger partial charge is 0.306 e. The van der Waals surface area contributed by atoms with Gasteiger partial charge in [0, 0.05) is 37.1 Å². The van der Waals surface area contributed by atoms with Crippen LogP contribution < -0.4 is 5.32 Å². The average Bonchev–Trinajstić information content (AvgIpc) is 3.33. The highest BCUT2D eigenvalue weighted by Gasteiger charge is 2.18. The molecule has 4 rings (SSSR count). The maximum absolute atomic E-state index is 12.0. The molecule has 0 radical (unpaired) electrons. The van der Waals surface area contributed by atoms with Gasteiger partial charge >= 0.3 is 5.97 Å². The number of aromatic nitrogens is 4. The minimum atomic E-state index is -0.126. The van der Waals surface area contributed by atoms with E-state index < -0.39 is 0 Å². The van der Waals surface area contributed by atoms with E-state index in [4.69, 9.17) is 9.15 Å². The third-order valence-corrected chi connectivity index (χ3v) is 5.07. The van der Waals surface area contributed by atoms with Crippen LogP contribution in [0.3, 0.4) is 0 Å². The first-order valence-electron chi connectivity index (χ1n) is 10.4. The number of carbonyl (C=O) groups excluding carboxylic acids is 1. The molecule has 30 heavy (non-hydrogen) atoms. The molecular weight excluding hydrogens is 382 g/mol. The first kappa shape index (κ1) is 20.0. The van der Waals surface area contributed by atoms with Crippen LogP contribution in [0.25, 0.3) is 22.7 Å². The molecule has 156 valence electrons. The van der Waals surface area contributed by atoms with Crippen molar-refractivity contribution in [3.63, 3.8) is 0 Å². The fourth-order valence-electron chi connectivity index (χ4n) is 3.55. The fraction of sp³-hybridized carbons (Fsp3) is 0.409. The monoisotopic (exact) mass is 407 g/mol. The maximum Gasteiger partial charge on any atom is 0.306 e. The number of ether oxygens (including phenoxy) is 1. The van der Waals surface area contributed by atoms with E-state index in [-0.39, 0.29) is 12.1 Å². The molecule has 1 fully saturated rings. The van der Waals surface area contributed by atoms with Crippen LogP contribution in [0.4, 0.5) is 5.95 Å². The van der Waals surface area contributed by atoms with Crippen molar-refractivity contribution >= 4 is 11.9 Å². The first-order chi connectivity index (χ1) is 14.8. The van der Waals surface area contributed by atoms with Crippen LogP contribution in [0.1, 0.15) is 44.9 Å². The lowest BCUT2D eigenvalue weighted by molar-refractivity contribution is -0.150. The minimum absolute atomic E-state index is 0.104. The van der Waals surface area contributed by atoms with Crippen molar-refractivity contribution in [1.29, 1.82) is 0 Å². The molecule has 0 unspecified atom stereocenters. The molecule has 3 heterocycles. The molecule has 8 heteroatoms. The van der Waals surface area contributed by atoms with Gasteiger partial charge in [0.2, 0.25) is 5.95 Å². The Bertz CT molecular complexity index is 941. The molecule has 0 aromatic carbocycles. The van der Waals surface area contributed by atoms with Crippen LogP contribution in [-0.4, -0.2) is 38.6 Å². The normalized spacial score (nSPS) is 14.4. The number of hydrogen-bond acceptors (Lipinski definition) is 8. The van der Waals surface area contributed by atoms with Gasteiger partial charge in [0.25, 0.3) is 0 Å². The summed E-state index contributed by atoms with van der Waals surface area (Å²) >= 11 is 0. The average molecular weight is 407 g/mol. The second kappa shape index (κ2) is 9.96. The molecule has 1 aliphatic rings. The van der Waals surface area contributed by atoms with Crippen LogP contribution >= 0.6 is 0 Å². The molecule has 1 N–H and O–H groups in total. The summed E-state index contributed by atoms with van der Waals surface area (Å²) in [5.41, 5.74) is 2.04. The van der Waals surface area contributed by atoms with E-state index in [1.54, 1.807) is 31.1 Å². The molecule has 0 saturated heterocycles. The largest absolute Gasteiger partial charge is 0.463 e. The van der Waals surface area contributed by atoms with Gasteiger partial charge < -0.3 is 14.5 Å². The molecule has 0 bridgehead atoms. The minimum Gasteiger partial charge on any atom is -0.463 e. The van der Waals surface area contributed by atoms with Crippen molar-refractivity contribution in [2.24, 2.45) is 0 Å². The lowest BCUT2D eigenvalue weighted by Gasteiger charge is -2.21. The van der Waals surface area contributed by atoms with E-state index in [0.717, 1.165) is 31.2 Å². The molecule has 0 amide bonds. The van der Waals surface area contributed by atoms with Gasteiger partial charge in [-0.2, -0.15) is 0 Å². The zero-order valence-corrected chi connectivity index (χ0v) is 16.8. The molecule has 1 aliphatic carbocycles. The summed E-state index contributed by atoms with van der Waals surface area (Å²) in [7, 11) is 0. The molecule has 1 saturated carbocycles. The number of furan rings is 1. The highest BCUT2D eigenvalue weighted by atomic mass is 16.5. The number of nitrogens with zero attached hydrogens (tertiary/aromatic N) is 4. The number of carbonyl (C=O) groups is 1. The van der Waals surface area contributed by atoms with Crippen molar-refractivity contribution in [3.05, 3.63) is 43.2 Å². The zero-order valence-electron chi connectivity index (χ0n) is 16.8. The van der Waals surface area contributed by atoms with Crippen LogP contribution in [-0.2, 0) is 9.53 Å². The van der Waals surface area contributed by atoms with Crippen molar-refractivity contribution in [2.75, 3.05) is 11.9 Å². The van der Waals surface area contributed by atoms with Gasteiger partial charge in [0.1, 0.15) is 11.8 Å². The van der Waals surface area contributed by atoms with Gasteiger partial charge in [-0.3, -0.25) is 14.8 Å². The third kappa shape index (κ3) is 5.20. The van der Waals surface area contributed by atoms with Crippen molar-refractivity contribution in [1.82, 2.24) is 19.9 Å². The van der Waals surface area contributed by atoms with E-state index in [1.165, 1.54) is 6.42 Å². The van der Waals surface area contributed by atoms with Crippen LogP contribution in [0.15, 0.2) is 47.6 Å². The lowest BCUT2D eigenvalue weighted by atomic mass is 9.98. The van der Waals surface area contributed by atoms with E-state index >= 15 is 0 Å². The predicted molar refractivity (Wildman–Crippen MR) is 111 cm³/mol. The number of rotatable bonds is 8. The molecule has 3 aromatic rings. The summed E-state index contributed by atoms with van der Waals surface area (Å²) < 4.78 is 11.1. The molecule has 0 spiro atoms. The number of anilines is 1. The Morgan fingerprint density at radius 2 is 2.07 bits per heavy atom. The second-order valence-electron chi connectivity index (χ2n) is 7.30. The third-order valence-electron chi connectivity index (χ3n) is 5.07. The van der Waals surface area contributed by atoms with E-state index in [9.17, 15) is 4.79 Å². The number of esters is 1. The summed E-state index contributed by atoms with van der Waals surface area (Å²) in [6, 6.07) is 3.65. The van der Waals surface area contributed by atoms with Crippen molar-refractivity contribution in [2.45, 2.75) is 51.0 Å². The number of nitrogens with one attached hydrogen (secondary N) is 1. The Labute approximate surface area is 175 Å². The van der Waals surface area contributed by atoms with Crippen molar-refractivity contribution < 1.29 is 13.9 Å². The van der Waals surface area contributed by atoms with Crippen LogP contribution in [0.5, 0.6) is 0 Å². The van der Waals surface area contributed by atoms with E-state index in [2.05, 4.69) is 25.3 Å². The summed E-state index contributed by atoms with van der Waals surface area (Å²) in [6.45, 7) is 0.571. The standard InChI is InChI=1S/C22H25N5O3/c28-20(30-16-6-2-1-3-7-16)9-4-10-25-22-26-14-17(18-15-23-11-12-24-18)21(27-22)19-8-5-13-29-19/h5,8,11-16H,1-4,6-7,9-10H2,(H,25,26,27). The van der Waals surface area contributed by atoms with E-state index in [1.807, 2.05) is 12.1 Å². The van der Waals surface area contributed by atoms with Crippen LogP contribution in [0, 0.1) is 0 Å². The van der Waals surface area contributed by atoms with E-state index in [0.29, 0.717) is 42.5 Å². The van der Waals surface area contributed by atoms with Gasteiger partial charge in [-0.25, -0.2) is 9.97 Å². The van der Waals surface area contributed by atoms with Gasteiger partial charge in [-0.05, 0) is 44.2 Å². The zero-order chi connectivity index (χ0) is 20.6. The lowest BCUT2D eigenvalue weighted by Crippen LogP contribution is -2.21. The summed E-state index contributed by atoms with van der Waals surface area (Å²) in [5, 5.41) is 3.18. The second-order valence-corrected chi connectivity index (χ2v) is 7.30. The van der Waals surface area contributed by atoms with Crippen molar-refractivity contribution in [3.8, 4) is 22.7 Å². The maximum atomic E-state index is 12.0. The summed E-state index contributed by atoms with van der Waals surface area (Å²) in [6.07, 6.45) is 14.9. The fourth-order valence-corrected chi connectivity index (χ4v) is 3.55. The van der Waals surface area contributed by atoms with Gasteiger partial charge in [0.05, 0.1) is 18.2 Å². The quantitative estimate of drug-likeness (QED) is 0.436. The topological polar surface area (TPSA) is 103 Å². The Kier molecular flexibility index (Phi) is 6.64. The van der Waals surface area contributed by atoms with Gasteiger partial charge in [0.15, 0.2) is 5.76 Å². The SMILES string of the molecule is O=C(CCCNc1ncc(-c2cnccn2)c(-c2ccco2)n1)OC1CCCCC1. The first-order valence-corrected chi connectivity index (χ1v) is 10.4. The van der Waals surface area contributed by atoms with Gasteiger partial charge in [-0.15, -0.1) is 0 Å². The Hall–Kier alpha value is -3.29. The summed E-state index contributed by atoms with van der Waals surface area (Å²) in [4.78, 5) is 29.5. The highest BCUT2D eigenvalue weighted by Crippen LogP contribution is 2.29. The molecule has 0 aliphatic heterocycles. The summed E-state index contributed by atoms with van der Waals surface area (Å²) in [5.74, 6) is 0.964. The molecular formula is C22H25N5O3.